The van der Waals surface area contributed by atoms with Crippen LogP contribution in [0.15, 0.2) is 0 Å². The van der Waals surface area contributed by atoms with Gasteiger partial charge in [-0.3, -0.25) is 0 Å². The van der Waals surface area contributed by atoms with Crippen LogP contribution in [0.5, 0.6) is 0 Å². The van der Waals surface area contributed by atoms with Crippen molar-refractivity contribution in [2.24, 2.45) is 0 Å². The minimum Gasteiger partial charge on any atom is -0.313 e. The zero-order valence-electron chi connectivity index (χ0n) is 12.5. The van der Waals surface area contributed by atoms with Gasteiger partial charge in [0.25, 0.3) is 0 Å². The van der Waals surface area contributed by atoms with Crippen molar-refractivity contribution in [3.05, 3.63) is 0 Å². The maximum atomic E-state index is 4.70. The molecule has 2 bridgehead atoms. The third kappa shape index (κ3) is 3.56. The lowest BCUT2D eigenvalue weighted by molar-refractivity contribution is 0.397. The zero-order valence-corrected chi connectivity index (χ0v) is 15.0. The maximum absolute atomic E-state index is 4.70. The minimum absolute atomic E-state index is 0.631. The Labute approximate surface area is 142 Å². The van der Waals surface area contributed by atoms with Crippen molar-refractivity contribution in [2.75, 3.05) is 24.6 Å². The van der Waals surface area contributed by atoms with E-state index < -0.39 is 0 Å². The van der Waals surface area contributed by atoms with Crippen molar-refractivity contribution in [1.29, 1.82) is 0 Å². The molecule has 0 radical (unpaired) electrons. The van der Waals surface area contributed by atoms with Crippen molar-refractivity contribution in [3.8, 4) is 0 Å². The van der Waals surface area contributed by atoms with Gasteiger partial charge in [0.2, 0.25) is 0 Å². The molecule has 6 heteroatoms. The van der Waals surface area contributed by atoms with Crippen molar-refractivity contribution in [1.82, 2.24) is 16.0 Å². The summed E-state index contributed by atoms with van der Waals surface area (Å²) in [5, 5.41) is 13.3. The van der Waals surface area contributed by atoms with Crippen LogP contribution in [0.25, 0.3) is 0 Å². The van der Waals surface area contributed by atoms with E-state index >= 15 is 0 Å². The molecular formula is C15H27N3S3. The smallest absolute Gasteiger partial charge is 0.0334 e. The molecule has 120 valence electrons. The van der Waals surface area contributed by atoms with Gasteiger partial charge in [0.15, 0.2) is 0 Å². The molecule has 3 N–H and O–H groups in total. The molecule has 0 spiro atoms. The highest BCUT2D eigenvalue weighted by molar-refractivity contribution is 8.01. The van der Waals surface area contributed by atoms with E-state index in [9.17, 15) is 0 Å². The molecule has 4 heterocycles. The zero-order chi connectivity index (χ0) is 14.2. The number of hydrogen-bond acceptors (Lipinski definition) is 6. The van der Waals surface area contributed by atoms with Crippen LogP contribution in [0.2, 0.25) is 0 Å². The number of thiol groups is 1. The van der Waals surface area contributed by atoms with E-state index in [0.29, 0.717) is 5.25 Å². The van der Waals surface area contributed by atoms with E-state index in [0.717, 1.165) is 34.7 Å². The minimum atomic E-state index is 0.631. The predicted octanol–water partition coefficient (Wildman–Crippen LogP) is 1.35. The number of rotatable bonds is 6. The van der Waals surface area contributed by atoms with Crippen LogP contribution in [0.1, 0.15) is 25.7 Å². The van der Waals surface area contributed by atoms with E-state index in [4.69, 9.17) is 12.6 Å². The number of hydrogen-bond donors (Lipinski definition) is 4. The first-order chi connectivity index (χ1) is 10.3. The van der Waals surface area contributed by atoms with E-state index in [-0.39, 0.29) is 0 Å². The summed E-state index contributed by atoms with van der Waals surface area (Å²) in [4.78, 5) is 0. The second-order valence-corrected chi connectivity index (χ2v) is 10.3. The molecule has 4 fully saturated rings. The Morgan fingerprint density at radius 3 is 2.57 bits per heavy atom. The lowest BCUT2D eigenvalue weighted by atomic mass is 10.1. The van der Waals surface area contributed by atoms with Crippen LogP contribution >= 0.6 is 36.2 Å². The molecular weight excluding hydrogens is 318 g/mol. The summed E-state index contributed by atoms with van der Waals surface area (Å²) < 4.78 is 0. The Bertz CT molecular complexity index is 366. The summed E-state index contributed by atoms with van der Waals surface area (Å²) in [5.41, 5.74) is 0. The Hall–Kier alpha value is 0.930. The van der Waals surface area contributed by atoms with Crippen LogP contribution in [0, 0.1) is 0 Å². The Balaban J connectivity index is 1.18. The highest BCUT2D eigenvalue weighted by Crippen LogP contribution is 2.37. The van der Waals surface area contributed by atoms with Crippen molar-refractivity contribution in [2.45, 2.75) is 65.6 Å². The normalized spacial score (nSPS) is 48.7. The summed E-state index contributed by atoms with van der Waals surface area (Å²) in [7, 11) is 0. The fraction of sp³-hybridized carbons (Fsp3) is 1.00. The average Bonchev–Trinajstić information content (AvgIpc) is 2.66. The quantitative estimate of drug-likeness (QED) is 0.547. The van der Waals surface area contributed by atoms with Gasteiger partial charge in [-0.05, 0) is 32.2 Å². The van der Waals surface area contributed by atoms with Crippen LogP contribution in [-0.2, 0) is 0 Å². The van der Waals surface area contributed by atoms with Crippen LogP contribution < -0.4 is 16.0 Å². The molecule has 3 nitrogen and oxygen atoms in total. The highest BCUT2D eigenvalue weighted by Gasteiger charge is 2.41. The highest BCUT2D eigenvalue weighted by atomic mass is 32.2. The molecule has 0 amide bonds. The van der Waals surface area contributed by atoms with Crippen molar-refractivity contribution < 1.29 is 0 Å². The van der Waals surface area contributed by atoms with Crippen LogP contribution in [0.4, 0.5) is 0 Å². The maximum Gasteiger partial charge on any atom is 0.0334 e. The van der Waals surface area contributed by atoms with Gasteiger partial charge in [0, 0.05) is 58.0 Å². The molecule has 4 saturated heterocycles. The van der Waals surface area contributed by atoms with Crippen LogP contribution in [-0.4, -0.2) is 64.5 Å². The van der Waals surface area contributed by atoms with Gasteiger partial charge in [0.1, 0.15) is 0 Å². The number of nitrogens with one attached hydrogen (secondary N) is 3. The Morgan fingerprint density at radius 2 is 1.86 bits per heavy atom. The summed E-state index contributed by atoms with van der Waals surface area (Å²) in [6.07, 6.45) is 5.28. The standard InChI is InChI=1S/C15H27N3S3/c19-11-3-10-4-14(12(5-11)18-10)21-8-13-15(6-17-13)20-7-9-1-2-16-9/h9-19H,1-8H2/t9-,10?,11?,12?,13-,14?,15?/m1/s1. The monoisotopic (exact) mass is 345 g/mol. The molecule has 0 aliphatic carbocycles. The molecule has 4 aliphatic rings. The first-order valence-corrected chi connectivity index (χ1v) is 11.0. The first kappa shape index (κ1) is 15.5. The van der Waals surface area contributed by atoms with Crippen molar-refractivity contribution >= 4 is 36.2 Å². The average molecular weight is 346 g/mol. The van der Waals surface area contributed by atoms with E-state index in [2.05, 4.69) is 39.5 Å². The third-order valence-electron chi connectivity index (χ3n) is 5.46. The van der Waals surface area contributed by atoms with Gasteiger partial charge in [-0.2, -0.15) is 36.2 Å². The van der Waals surface area contributed by atoms with Gasteiger partial charge in [-0.15, -0.1) is 0 Å². The van der Waals surface area contributed by atoms with Gasteiger partial charge in [0.05, 0.1) is 0 Å². The molecule has 0 aromatic rings. The van der Waals surface area contributed by atoms with E-state index in [1.54, 1.807) is 0 Å². The predicted molar refractivity (Wildman–Crippen MR) is 98.0 cm³/mol. The van der Waals surface area contributed by atoms with Crippen LogP contribution in [0.3, 0.4) is 0 Å². The van der Waals surface area contributed by atoms with Crippen molar-refractivity contribution in [3.63, 3.8) is 0 Å². The number of piperidine rings is 1. The Morgan fingerprint density at radius 1 is 1.00 bits per heavy atom. The Kier molecular flexibility index (Phi) is 5.02. The molecule has 4 aliphatic heterocycles. The molecule has 7 atom stereocenters. The second-order valence-electron chi connectivity index (χ2n) is 7.03. The largest absolute Gasteiger partial charge is 0.313 e. The topological polar surface area (TPSA) is 36.1 Å². The summed E-state index contributed by atoms with van der Waals surface area (Å²) in [6.45, 7) is 2.45. The molecule has 21 heavy (non-hydrogen) atoms. The van der Waals surface area contributed by atoms with Gasteiger partial charge < -0.3 is 16.0 Å². The fourth-order valence-electron chi connectivity index (χ4n) is 3.89. The van der Waals surface area contributed by atoms with Gasteiger partial charge in [-0.25, -0.2) is 0 Å². The van der Waals surface area contributed by atoms with E-state index in [1.165, 1.54) is 50.3 Å². The molecule has 0 aromatic carbocycles. The molecule has 4 rings (SSSR count). The first-order valence-electron chi connectivity index (χ1n) is 8.42. The number of thioether (sulfide) groups is 2. The molecule has 5 unspecified atom stereocenters. The third-order valence-corrected chi connectivity index (χ3v) is 8.90. The lowest BCUT2D eigenvalue weighted by Crippen LogP contribution is -2.58. The lowest BCUT2D eigenvalue weighted by Gasteiger charge is -2.40. The summed E-state index contributed by atoms with van der Waals surface area (Å²) in [5.74, 6) is 2.60. The second kappa shape index (κ2) is 6.81. The fourth-order valence-corrected chi connectivity index (χ4v) is 7.49. The molecule has 0 aromatic heterocycles. The summed E-state index contributed by atoms with van der Waals surface area (Å²) >= 11 is 9.11. The SMILES string of the molecule is SC1CC2CC(SC[C@H]3NCC3SC[C@H]3CCN3)C(C1)N2. The summed E-state index contributed by atoms with van der Waals surface area (Å²) in [6, 6.07) is 3.01. The van der Waals surface area contributed by atoms with Gasteiger partial charge in [-0.1, -0.05) is 0 Å². The number of fused-ring (bicyclic) bond motifs is 2. The van der Waals surface area contributed by atoms with E-state index in [1.807, 2.05) is 0 Å². The van der Waals surface area contributed by atoms with Gasteiger partial charge >= 0.3 is 0 Å². The molecule has 0 saturated carbocycles.